The Balaban J connectivity index is 2.29. The van der Waals surface area contributed by atoms with E-state index in [2.05, 4.69) is 9.71 Å². The Morgan fingerprint density at radius 3 is 2.73 bits per heavy atom. The van der Waals surface area contributed by atoms with Crippen molar-refractivity contribution < 1.29 is 13.2 Å². The predicted octanol–water partition coefficient (Wildman–Crippen LogP) is 3.06. The number of nitrogens with zero attached hydrogens (tertiary/aromatic N) is 1. The standard InChI is InChI=1S/C15H20N2O3S2/c1-5-15-16-12(9-21-15)11(3)17-22(18,19)14-8-10(2)6-7-13(14)20-4/h6-9,11,17H,5H2,1-4H3. The molecule has 1 N–H and O–H groups in total. The quantitative estimate of drug-likeness (QED) is 0.877. The number of thiazole rings is 1. The lowest BCUT2D eigenvalue weighted by Gasteiger charge is -2.15. The molecular weight excluding hydrogens is 320 g/mol. The zero-order valence-corrected chi connectivity index (χ0v) is 14.7. The summed E-state index contributed by atoms with van der Waals surface area (Å²) >= 11 is 1.54. The molecule has 7 heteroatoms. The zero-order chi connectivity index (χ0) is 16.3. The SMILES string of the molecule is CCc1nc(C(C)NS(=O)(=O)c2cc(C)ccc2OC)cs1. The molecule has 0 fully saturated rings. The molecule has 1 aromatic heterocycles. The van der Waals surface area contributed by atoms with Crippen LogP contribution in [0.4, 0.5) is 0 Å². The number of sulfonamides is 1. The van der Waals surface area contributed by atoms with Gasteiger partial charge in [-0.2, -0.15) is 0 Å². The molecule has 1 atom stereocenters. The van der Waals surface area contributed by atoms with Crippen molar-refractivity contribution in [1.29, 1.82) is 0 Å². The molecule has 0 radical (unpaired) electrons. The van der Waals surface area contributed by atoms with E-state index in [9.17, 15) is 8.42 Å². The summed E-state index contributed by atoms with van der Waals surface area (Å²) in [5.74, 6) is 0.331. The van der Waals surface area contributed by atoms with Gasteiger partial charge in [-0.05, 0) is 38.0 Å². The molecular formula is C15H20N2O3S2. The van der Waals surface area contributed by atoms with Crippen molar-refractivity contribution in [2.45, 2.75) is 38.1 Å². The van der Waals surface area contributed by atoms with E-state index in [1.54, 1.807) is 19.1 Å². The fraction of sp³-hybridized carbons (Fsp3) is 0.400. The molecule has 2 rings (SSSR count). The van der Waals surface area contributed by atoms with Crippen molar-refractivity contribution in [1.82, 2.24) is 9.71 Å². The lowest BCUT2D eigenvalue weighted by atomic mass is 10.2. The maximum atomic E-state index is 12.6. The first-order chi connectivity index (χ1) is 10.4. The molecule has 0 spiro atoms. The third-order valence-corrected chi connectivity index (χ3v) is 5.83. The van der Waals surface area contributed by atoms with Gasteiger partial charge in [0.2, 0.25) is 10.0 Å². The number of methoxy groups -OCH3 is 1. The third kappa shape index (κ3) is 3.66. The van der Waals surface area contributed by atoms with Crippen LogP contribution in [-0.4, -0.2) is 20.5 Å². The monoisotopic (exact) mass is 340 g/mol. The third-order valence-electron chi connectivity index (χ3n) is 3.26. The zero-order valence-electron chi connectivity index (χ0n) is 13.1. The second-order valence-electron chi connectivity index (χ2n) is 5.02. The lowest BCUT2D eigenvalue weighted by Crippen LogP contribution is -2.27. The molecule has 0 aliphatic carbocycles. The van der Waals surface area contributed by atoms with Gasteiger partial charge in [0.1, 0.15) is 10.6 Å². The Bertz CT molecular complexity index is 754. The molecule has 2 aromatic rings. The molecule has 1 heterocycles. The molecule has 120 valence electrons. The van der Waals surface area contributed by atoms with Crippen LogP contribution in [0.2, 0.25) is 0 Å². The van der Waals surface area contributed by atoms with Crippen molar-refractivity contribution in [2.75, 3.05) is 7.11 Å². The molecule has 0 saturated carbocycles. The fourth-order valence-electron chi connectivity index (χ4n) is 2.04. The van der Waals surface area contributed by atoms with Gasteiger partial charge in [-0.3, -0.25) is 0 Å². The summed E-state index contributed by atoms with van der Waals surface area (Å²) in [5.41, 5.74) is 1.59. The van der Waals surface area contributed by atoms with Crippen molar-refractivity contribution in [3.05, 3.63) is 39.8 Å². The normalized spacial score (nSPS) is 13.1. The van der Waals surface area contributed by atoms with Gasteiger partial charge < -0.3 is 4.74 Å². The minimum atomic E-state index is -3.68. The van der Waals surface area contributed by atoms with E-state index in [1.165, 1.54) is 18.4 Å². The van der Waals surface area contributed by atoms with Gasteiger partial charge in [0.05, 0.1) is 23.9 Å². The van der Waals surface area contributed by atoms with Gasteiger partial charge in [0.25, 0.3) is 0 Å². The molecule has 1 aromatic carbocycles. The molecule has 0 amide bonds. The van der Waals surface area contributed by atoms with Crippen molar-refractivity contribution in [2.24, 2.45) is 0 Å². The molecule has 0 bridgehead atoms. The number of aromatic nitrogens is 1. The summed E-state index contributed by atoms with van der Waals surface area (Å²) < 4.78 is 33.0. The van der Waals surface area contributed by atoms with Crippen LogP contribution in [0, 0.1) is 6.92 Å². The Kier molecular flexibility index (Phi) is 5.20. The second kappa shape index (κ2) is 6.76. The van der Waals surface area contributed by atoms with Crippen LogP contribution in [0.25, 0.3) is 0 Å². The van der Waals surface area contributed by atoms with E-state index in [1.807, 2.05) is 25.3 Å². The summed E-state index contributed by atoms with van der Waals surface area (Å²) in [5, 5.41) is 2.88. The number of benzene rings is 1. The molecule has 0 saturated heterocycles. The highest BCUT2D eigenvalue weighted by molar-refractivity contribution is 7.89. The Morgan fingerprint density at radius 2 is 2.14 bits per heavy atom. The number of hydrogen-bond acceptors (Lipinski definition) is 5. The first-order valence-electron chi connectivity index (χ1n) is 6.98. The van der Waals surface area contributed by atoms with Gasteiger partial charge in [-0.1, -0.05) is 13.0 Å². The van der Waals surface area contributed by atoms with E-state index >= 15 is 0 Å². The summed E-state index contributed by atoms with van der Waals surface area (Å²) in [6.45, 7) is 5.65. The van der Waals surface area contributed by atoms with E-state index in [4.69, 9.17) is 4.74 Å². The Labute approximate surface area is 135 Å². The van der Waals surface area contributed by atoms with Gasteiger partial charge >= 0.3 is 0 Å². The fourth-order valence-corrected chi connectivity index (χ4v) is 4.35. The number of nitrogens with one attached hydrogen (secondary N) is 1. The number of hydrogen-bond donors (Lipinski definition) is 1. The molecule has 0 aliphatic rings. The number of ether oxygens (including phenoxy) is 1. The van der Waals surface area contributed by atoms with Crippen molar-refractivity contribution in [3.8, 4) is 5.75 Å². The maximum absolute atomic E-state index is 12.6. The summed E-state index contributed by atoms with van der Waals surface area (Å²) in [7, 11) is -2.22. The average Bonchev–Trinajstić information content (AvgIpc) is 2.96. The molecule has 5 nitrogen and oxygen atoms in total. The van der Waals surface area contributed by atoms with Crippen LogP contribution >= 0.6 is 11.3 Å². The lowest BCUT2D eigenvalue weighted by molar-refractivity contribution is 0.402. The second-order valence-corrected chi connectivity index (χ2v) is 7.64. The topological polar surface area (TPSA) is 68.3 Å². The van der Waals surface area contributed by atoms with Gasteiger partial charge in [0.15, 0.2) is 0 Å². The minimum absolute atomic E-state index is 0.146. The van der Waals surface area contributed by atoms with Crippen molar-refractivity contribution >= 4 is 21.4 Å². The van der Waals surface area contributed by atoms with Crippen LogP contribution in [0.1, 0.15) is 36.2 Å². The van der Waals surface area contributed by atoms with Crippen molar-refractivity contribution in [3.63, 3.8) is 0 Å². The number of rotatable bonds is 6. The largest absolute Gasteiger partial charge is 0.495 e. The summed E-state index contributed by atoms with van der Waals surface area (Å²) in [4.78, 5) is 4.57. The summed E-state index contributed by atoms with van der Waals surface area (Å²) in [6, 6.07) is 4.68. The first kappa shape index (κ1) is 16.9. The van der Waals surface area contributed by atoms with Crippen LogP contribution in [0.5, 0.6) is 5.75 Å². The smallest absolute Gasteiger partial charge is 0.244 e. The van der Waals surface area contributed by atoms with Crippen LogP contribution in [0.15, 0.2) is 28.5 Å². The van der Waals surface area contributed by atoms with Crippen LogP contribution in [-0.2, 0) is 16.4 Å². The van der Waals surface area contributed by atoms with Crippen LogP contribution < -0.4 is 9.46 Å². The summed E-state index contributed by atoms with van der Waals surface area (Å²) in [6.07, 6.45) is 0.843. The Morgan fingerprint density at radius 1 is 1.41 bits per heavy atom. The average molecular weight is 340 g/mol. The van der Waals surface area contributed by atoms with E-state index in [0.29, 0.717) is 5.75 Å². The molecule has 0 aliphatic heterocycles. The van der Waals surface area contributed by atoms with Crippen LogP contribution in [0.3, 0.4) is 0 Å². The molecule has 22 heavy (non-hydrogen) atoms. The highest BCUT2D eigenvalue weighted by atomic mass is 32.2. The highest BCUT2D eigenvalue weighted by Gasteiger charge is 2.23. The van der Waals surface area contributed by atoms with E-state index < -0.39 is 16.1 Å². The maximum Gasteiger partial charge on any atom is 0.244 e. The Hall–Kier alpha value is -1.44. The molecule has 1 unspecified atom stereocenters. The highest BCUT2D eigenvalue weighted by Crippen LogP contribution is 2.26. The van der Waals surface area contributed by atoms with Gasteiger partial charge in [-0.15, -0.1) is 11.3 Å². The minimum Gasteiger partial charge on any atom is -0.495 e. The number of aryl methyl sites for hydroxylation is 2. The first-order valence-corrected chi connectivity index (χ1v) is 9.35. The van der Waals surface area contributed by atoms with Gasteiger partial charge in [-0.25, -0.2) is 18.1 Å². The predicted molar refractivity (Wildman–Crippen MR) is 88.0 cm³/mol. The van der Waals surface area contributed by atoms with Gasteiger partial charge in [0, 0.05) is 5.38 Å². The van der Waals surface area contributed by atoms with E-state index in [-0.39, 0.29) is 4.90 Å². The van der Waals surface area contributed by atoms with E-state index in [0.717, 1.165) is 22.7 Å².